The second-order valence-electron chi connectivity index (χ2n) is 4.01. The molecule has 0 aliphatic rings. The minimum Gasteiger partial charge on any atom is -0.508 e. The molecule has 0 saturated heterocycles. The van der Waals surface area contributed by atoms with Crippen molar-refractivity contribution in [3.63, 3.8) is 0 Å². The number of hydrogen-bond donors (Lipinski definition) is 3. The van der Waals surface area contributed by atoms with Gasteiger partial charge in [-0.2, -0.15) is 0 Å². The lowest BCUT2D eigenvalue weighted by Gasteiger charge is -1.82. The lowest BCUT2D eigenvalue weighted by Crippen LogP contribution is -1.56. The predicted octanol–water partition coefficient (Wildman–Crippen LogP) is 4.81. The van der Waals surface area contributed by atoms with Crippen LogP contribution in [0.5, 0.6) is 17.2 Å². The maximum absolute atomic E-state index is 8.63. The summed E-state index contributed by atoms with van der Waals surface area (Å²) in [6.07, 6.45) is 0. The molecule has 0 aromatic heterocycles. The fraction of sp³-hybridized carbons (Fsp3) is 0.0526. The van der Waals surface area contributed by atoms with Crippen molar-refractivity contribution in [1.82, 2.24) is 0 Å². The quantitative estimate of drug-likeness (QED) is 0.558. The minimum atomic E-state index is 0. The van der Waals surface area contributed by atoms with Crippen LogP contribution in [-0.2, 0) is 0 Å². The van der Waals surface area contributed by atoms with Crippen LogP contribution < -0.4 is 0 Å². The number of rotatable bonds is 0. The maximum Gasteiger partial charge on any atom is 0.115 e. The van der Waals surface area contributed by atoms with Gasteiger partial charge in [-0.3, -0.25) is 0 Å². The Morgan fingerprint density at radius 3 is 0.636 bits per heavy atom. The number of aromatic hydroxyl groups is 3. The highest BCUT2D eigenvalue weighted by molar-refractivity contribution is 5.19. The van der Waals surface area contributed by atoms with Crippen molar-refractivity contribution in [2.45, 2.75) is 7.43 Å². The molecule has 0 heterocycles. The summed E-state index contributed by atoms with van der Waals surface area (Å²) in [5.74, 6) is 0.965. The zero-order chi connectivity index (χ0) is 15.3. The van der Waals surface area contributed by atoms with Gasteiger partial charge in [-0.15, -0.1) is 0 Å². The lowest BCUT2D eigenvalue weighted by molar-refractivity contribution is 0.475. The summed E-state index contributed by atoms with van der Waals surface area (Å²) in [7, 11) is 0. The summed E-state index contributed by atoms with van der Waals surface area (Å²) in [6.45, 7) is 0. The van der Waals surface area contributed by atoms with Crippen molar-refractivity contribution < 1.29 is 15.3 Å². The van der Waals surface area contributed by atoms with E-state index >= 15 is 0 Å². The molecule has 0 spiro atoms. The summed E-state index contributed by atoms with van der Waals surface area (Å²) in [5, 5.41) is 25.9. The van der Waals surface area contributed by atoms with E-state index in [1.165, 1.54) is 0 Å². The van der Waals surface area contributed by atoms with E-state index in [1.54, 1.807) is 72.8 Å². The molecular weight excluding hydrogens is 276 g/mol. The van der Waals surface area contributed by atoms with Gasteiger partial charge in [-0.1, -0.05) is 62.0 Å². The molecule has 3 heteroatoms. The summed E-state index contributed by atoms with van der Waals surface area (Å²) in [6, 6.07) is 26.1. The molecule has 3 aromatic rings. The van der Waals surface area contributed by atoms with Gasteiger partial charge in [0.05, 0.1) is 0 Å². The highest BCUT2D eigenvalue weighted by Gasteiger charge is 1.76. The van der Waals surface area contributed by atoms with Crippen LogP contribution in [-0.4, -0.2) is 15.3 Å². The van der Waals surface area contributed by atoms with Gasteiger partial charge in [0.2, 0.25) is 0 Å². The molecule has 0 saturated carbocycles. The number of hydrogen-bond acceptors (Lipinski definition) is 3. The van der Waals surface area contributed by atoms with Crippen molar-refractivity contribution >= 4 is 0 Å². The molecule has 3 nitrogen and oxygen atoms in total. The molecule has 0 aliphatic heterocycles. The number of phenols is 3. The van der Waals surface area contributed by atoms with Gasteiger partial charge in [-0.25, -0.2) is 0 Å². The first-order chi connectivity index (χ1) is 10.2. The average molecular weight is 298 g/mol. The van der Waals surface area contributed by atoms with Crippen LogP contribution in [0.4, 0.5) is 0 Å². The highest BCUT2D eigenvalue weighted by Crippen LogP contribution is 2.04. The lowest BCUT2D eigenvalue weighted by atomic mass is 10.3. The second kappa shape index (κ2) is 11.9. The molecule has 0 amide bonds. The van der Waals surface area contributed by atoms with E-state index in [4.69, 9.17) is 15.3 Å². The Hall–Kier alpha value is -2.94. The predicted molar refractivity (Wildman–Crippen MR) is 91.1 cm³/mol. The van der Waals surface area contributed by atoms with E-state index in [-0.39, 0.29) is 7.43 Å². The molecule has 0 radical (unpaired) electrons. The fourth-order valence-electron chi connectivity index (χ4n) is 1.28. The van der Waals surface area contributed by atoms with E-state index in [0.29, 0.717) is 17.2 Å². The average Bonchev–Trinajstić information content (AvgIpc) is 2.51. The van der Waals surface area contributed by atoms with Gasteiger partial charge in [0, 0.05) is 0 Å². The summed E-state index contributed by atoms with van der Waals surface area (Å²) in [5.41, 5.74) is 0. The SMILES string of the molecule is C.Oc1ccccc1.Oc1ccccc1.Oc1ccccc1. The van der Waals surface area contributed by atoms with Crippen LogP contribution in [0.2, 0.25) is 0 Å². The first-order valence-electron chi connectivity index (χ1n) is 6.40. The van der Waals surface area contributed by atoms with Crippen LogP contribution in [0, 0.1) is 0 Å². The van der Waals surface area contributed by atoms with Crippen molar-refractivity contribution in [2.24, 2.45) is 0 Å². The molecule has 0 unspecified atom stereocenters. The van der Waals surface area contributed by atoms with Crippen LogP contribution in [0.3, 0.4) is 0 Å². The second-order valence-corrected chi connectivity index (χ2v) is 4.01. The zero-order valence-corrected chi connectivity index (χ0v) is 11.5. The monoisotopic (exact) mass is 298 g/mol. The van der Waals surface area contributed by atoms with E-state index in [2.05, 4.69) is 0 Å². The largest absolute Gasteiger partial charge is 0.508 e. The Balaban J connectivity index is 0.000000294. The van der Waals surface area contributed by atoms with Gasteiger partial charge in [0.15, 0.2) is 0 Å². The maximum atomic E-state index is 8.63. The van der Waals surface area contributed by atoms with Crippen molar-refractivity contribution in [3.8, 4) is 17.2 Å². The molecule has 0 bridgehead atoms. The standard InChI is InChI=1S/3C6H6O.CH4/c3*7-6-4-2-1-3-5-6;/h3*1-5,7H;1H4. The van der Waals surface area contributed by atoms with Crippen molar-refractivity contribution in [2.75, 3.05) is 0 Å². The molecule has 22 heavy (non-hydrogen) atoms. The van der Waals surface area contributed by atoms with E-state index < -0.39 is 0 Å². The zero-order valence-electron chi connectivity index (χ0n) is 11.5. The van der Waals surface area contributed by atoms with E-state index in [9.17, 15) is 0 Å². The molecule has 3 N–H and O–H groups in total. The molecule has 0 aliphatic carbocycles. The van der Waals surface area contributed by atoms with E-state index in [1.807, 2.05) is 18.2 Å². The molecular formula is C19H22O3. The third-order valence-corrected chi connectivity index (χ3v) is 2.27. The number of benzene rings is 3. The Morgan fingerprint density at radius 1 is 0.364 bits per heavy atom. The minimum absolute atomic E-state index is 0. The van der Waals surface area contributed by atoms with Crippen LogP contribution >= 0.6 is 0 Å². The number of phenolic OH excluding ortho intramolecular Hbond substituents is 3. The van der Waals surface area contributed by atoms with Gasteiger partial charge in [0.1, 0.15) is 17.2 Å². The Kier molecular flexibility index (Phi) is 10.3. The first-order valence-corrected chi connectivity index (χ1v) is 6.40. The smallest absolute Gasteiger partial charge is 0.115 e. The van der Waals surface area contributed by atoms with Gasteiger partial charge < -0.3 is 15.3 Å². The molecule has 0 fully saturated rings. The third-order valence-electron chi connectivity index (χ3n) is 2.27. The van der Waals surface area contributed by atoms with Crippen LogP contribution in [0.25, 0.3) is 0 Å². The molecule has 3 aromatic carbocycles. The van der Waals surface area contributed by atoms with Crippen molar-refractivity contribution in [3.05, 3.63) is 91.0 Å². The molecule has 3 rings (SSSR count). The highest BCUT2D eigenvalue weighted by atomic mass is 16.3. The number of para-hydroxylation sites is 3. The summed E-state index contributed by atoms with van der Waals surface area (Å²) < 4.78 is 0. The topological polar surface area (TPSA) is 60.7 Å². The van der Waals surface area contributed by atoms with Gasteiger partial charge >= 0.3 is 0 Å². The van der Waals surface area contributed by atoms with Gasteiger partial charge in [-0.05, 0) is 36.4 Å². The fourth-order valence-corrected chi connectivity index (χ4v) is 1.28. The van der Waals surface area contributed by atoms with Crippen LogP contribution in [0.1, 0.15) is 7.43 Å². The molecule has 116 valence electrons. The van der Waals surface area contributed by atoms with Gasteiger partial charge in [0.25, 0.3) is 0 Å². The molecule has 0 atom stereocenters. The first kappa shape index (κ1) is 19.1. The van der Waals surface area contributed by atoms with Crippen LogP contribution in [0.15, 0.2) is 91.0 Å². The Morgan fingerprint density at radius 2 is 0.545 bits per heavy atom. The summed E-state index contributed by atoms with van der Waals surface area (Å²) >= 11 is 0. The van der Waals surface area contributed by atoms with E-state index in [0.717, 1.165) is 0 Å². The normalized spacial score (nSPS) is 8.18. The van der Waals surface area contributed by atoms with Crippen molar-refractivity contribution in [1.29, 1.82) is 0 Å². The Labute approximate surface area is 131 Å². The summed E-state index contributed by atoms with van der Waals surface area (Å²) in [4.78, 5) is 0. The third kappa shape index (κ3) is 9.92. The Bertz CT molecular complexity index is 492.